The van der Waals surface area contributed by atoms with Crippen LogP contribution in [0.25, 0.3) is 11.3 Å². The number of hydrogen-bond donors (Lipinski definition) is 2. The summed E-state index contributed by atoms with van der Waals surface area (Å²) in [5.74, 6) is -1.28. The number of aromatic nitrogens is 2. The maximum absolute atomic E-state index is 11.0. The third-order valence-corrected chi connectivity index (χ3v) is 2.24. The molecule has 6 nitrogen and oxygen atoms in total. The van der Waals surface area contributed by atoms with Crippen molar-refractivity contribution >= 4 is 11.9 Å². The normalized spacial score (nSPS) is 9.30. The van der Waals surface area contributed by atoms with Crippen LogP contribution in [-0.4, -0.2) is 27.2 Å². The van der Waals surface area contributed by atoms with Crippen molar-refractivity contribution in [2.24, 2.45) is 5.73 Å². The van der Waals surface area contributed by atoms with E-state index in [1.165, 1.54) is 0 Å². The topological polar surface area (TPSA) is 106 Å². The number of carbonyl (C=O) groups is 2. The van der Waals surface area contributed by atoms with Gasteiger partial charge in [-0.1, -0.05) is 12.1 Å². The number of carboxylic acids is 1. The highest BCUT2D eigenvalue weighted by Gasteiger charge is 2.04. The Kier molecular flexibility index (Phi) is 5.34. The lowest BCUT2D eigenvalue weighted by Crippen LogP contribution is -2.10. The molecule has 1 heterocycles. The summed E-state index contributed by atoms with van der Waals surface area (Å²) in [5.41, 5.74) is 8.11. The summed E-state index contributed by atoms with van der Waals surface area (Å²) < 4.78 is 0. The number of benzene rings is 1. The van der Waals surface area contributed by atoms with Gasteiger partial charge in [-0.25, -0.2) is 0 Å². The van der Waals surface area contributed by atoms with Crippen LogP contribution in [0.2, 0.25) is 0 Å². The first-order valence-corrected chi connectivity index (χ1v) is 5.80. The minimum atomic E-state index is -0.833. The molecule has 0 spiro atoms. The number of amides is 1. The van der Waals surface area contributed by atoms with Crippen LogP contribution >= 0.6 is 0 Å². The standard InChI is InChI=1S/C12H11N3O.C2H4O2/c1-8-5-6-11(15-14-8)9-3-2-4-10(7-9)12(13)16;1-2(3)4/h2-7H,1H3,(H2,13,16);1H3,(H,3,4). The Morgan fingerprint density at radius 1 is 1.15 bits per heavy atom. The van der Waals surface area contributed by atoms with Gasteiger partial charge in [-0.15, -0.1) is 0 Å². The minimum absolute atomic E-state index is 0.443. The van der Waals surface area contributed by atoms with Gasteiger partial charge in [-0.2, -0.15) is 10.2 Å². The van der Waals surface area contributed by atoms with Crippen molar-refractivity contribution in [1.29, 1.82) is 0 Å². The zero-order valence-corrected chi connectivity index (χ0v) is 11.2. The van der Waals surface area contributed by atoms with Crippen LogP contribution in [0.4, 0.5) is 0 Å². The predicted octanol–water partition coefficient (Wildman–Crippen LogP) is 1.64. The number of nitrogens with two attached hydrogens (primary N) is 1. The molecule has 1 aromatic carbocycles. The van der Waals surface area contributed by atoms with Gasteiger partial charge < -0.3 is 10.8 Å². The number of carbonyl (C=O) groups excluding carboxylic acids is 1. The molecule has 0 saturated heterocycles. The summed E-state index contributed by atoms with van der Waals surface area (Å²) in [6.45, 7) is 2.95. The number of rotatable bonds is 2. The van der Waals surface area contributed by atoms with Crippen LogP contribution in [0.1, 0.15) is 23.0 Å². The van der Waals surface area contributed by atoms with Gasteiger partial charge in [0.1, 0.15) is 0 Å². The lowest BCUT2D eigenvalue weighted by Gasteiger charge is -2.01. The molecule has 2 aromatic rings. The first-order chi connectivity index (χ1) is 9.40. The second kappa shape index (κ2) is 6.98. The molecule has 0 aliphatic carbocycles. The molecule has 0 radical (unpaired) electrons. The van der Waals surface area contributed by atoms with E-state index in [4.69, 9.17) is 15.6 Å². The first-order valence-electron chi connectivity index (χ1n) is 5.80. The Bertz CT molecular complexity index is 605. The SMILES string of the molecule is CC(=O)O.Cc1ccc(-c2cccc(C(N)=O)c2)nn1. The highest BCUT2D eigenvalue weighted by molar-refractivity contribution is 5.93. The molecular weight excluding hydrogens is 258 g/mol. The summed E-state index contributed by atoms with van der Waals surface area (Å²) in [6, 6.07) is 10.8. The zero-order chi connectivity index (χ0) is 15.1. The van der Waals surface area contributed by atoms with Crippen LogP contribution in [0, 0.1) is 6.92 Å². The van der Waals surface area contributed by atoms with Crippen LogP contribution in [-0.2, 0) is 4.79 Å². The zero-order valence-electron chi connectivity index (χ0n) is 11.2. The lowest BCUT2D eigenvalue weighted by molar-refractivity contribution is -0.134. The number of primary amides is 1. The fourth-order valence-electron chi connectivity index (χ4n) is 1.38. The van der Waals surface area contributed by atoms with Crippen molar-refractivity contribution in [3.63, 3.8) is 0 Å². The highest BCUT2D eigenvalue weighted by Crippen LogP contribution is 2.17. The summed E-state index contributed by atoms with van der Waals surface area (Å²) in [6.07, 6.45) is 0. The third-order valence-electron chi connectivity index (χ3n) is 2.24. The summed E-state index contributed by atoms with van der Waals surface area (Å²) in [5, 5.41) is 15.4. The molecule has 20 heavy (non-hydrogen) atoms. The first kappa shape index (κ1) is 15.3. The smallest absolute Gasteiger partial charge is 0.300 e. The average molecular weight is 273 g/mol. The van der Waals surface area contributed by atoms with Crippen molar-refractivity contribution in [1.82, 2.24) is 10.2 Å². The highest BCUT2D eigenvalue weighted by atomic mass is 16.4. The number of carboxylic acid groups (broad SMARTS) is 1. The lowest BCUT2D eigenvalue weighted by atomic mass is 10.1. The number of aliphatic carboxylic acids is 1. The van der Waals surface area contributed by atoms with E-state index in [9.17, 15) is 4.79 Å². The molecule has 0 saturated carbocycles. The molecule has 0 fully saturated rings. The Morgan fingerprint density at radius 3 is 2.30 bits per heavy atom. The van der Waals surface area contributed by atoms with E-state index < -0.39 is 11.9 Å². The van der Waals surface area contributed by atoms with Gasteiger partial charge in [-0.3, -0.25) is 9.59 Å². The van der Waals surface area contributed by atoms with Gasteiger partial charge in [0.25, 0.3) is 5.97 Å². The quantitative estimate of drug-likeness (QED) is 0.865. The average Bonchev–Trinajstić information content (AvgIpc) is 2.39. The fraction of sp³-hybridized carbons (Fsp3) is 0.143. The minimum Gasteiger partial charge on any atom is -0.481 e. The van der Waals surface area contributed by atoms with Crippen LogP contribution in [0.3, 0.4) is 0 Å². The molecule has 2 rings (SSSR count). The van der Waals surface area contributed by atoms with E-state index in [1.807, 2.05) is 25.1 Å². The molecule has 3 N–H and O–H groups in total. The summed E-state index contributed by atoms with van der Waals surface area (Å²) >= 11 is 0. The Morgan fingerprint density at radius 2 is 1.80 bits per heavy atom. The molecule has 6 heteroatoms. The van der Waals surface area contributed by atoms with E-state index in [0.717, 1.165) is 23.9 Å². The molecular formula is C14H15N3O3. The maximum atomic E-state index is 11.0. The Balaban J connectivity index is 0.000000444. The van der Waals surface area contributed by atoms with E-state index in [1.54, 1.807) is 18.2 Å². The van der Waals surface area contributed by atoms with Gasteiger partial charge >= 0.3 is 0 Å². The molecule has 1 amide bonds. The summed E-state index contributed by atoms with van der Waals surface area (Å²) in [4.78, 5) is 20.0. The third kappa shape index (κ3) is 4.85. The fourth-order valence-corrected chi connectivity index (χ4v) is 1.38. The molecule has 0 unspecified atom stereocenters. The molecule has 0 aliphatic rings. The van der Waals surface area contributed by atoms with Crippen LogP contribution < -0.4 is 5.73 Å². The second-order valence-corrected chi connectivity index (χ2v) is 4.02. The van der Waals surface area contributed by atoms with Crippen molar-refractivity contribution in [2.75, 3.05) is 0 Å². The van der Waals surface area contributed by atoms with Crippen molar-refractivity contribution in [3.8, 4) is 11.3 Å². The van der Waals surface area contributed by atoms with Crippen molar-refractivity contribution in [2.45, 2.75) is 13.8 Å². The summed E-state index contributed by atoms with van der Waals surface area (Å²) in [7, 11) is 0. The van der Waals surface area contributed by atoms with Gasteiger partial charge in [0.05, 0.1) is 11.4 Å². The predicted molar refractivity (Wildman–Crippen MR) is 74.0 cm³/mol. The molecule has 0 aliphatic heterocycles. The van der Waals surface area contributed by atoms with Gasteiger partial charge in [0.2, 0.25) is 5.91 Å². The van der Waals surface area contributed by atoms with Crippen molar-refractivity contribution < 1.29 is 14.7 Å². The molecule has 0 atom stereocenters. The van der Waals surface area contributed by atoms with Gasteiger partial charge in [0.15, 0.2) is 0 Å². The van der Waals surface area contributed by atoms with E-state index >= 15 is 0 Å². The molecule has 104 valence electrons. The Labute approximate surface area is 116 Å². The van der Waals surface area contributed by atoms with Crippen molar-refractivity contribution in [3.05, 3.63) is 47.7 Å². The van der Waals surface area contributed by atoms with E-state index in [2.05, 4.69) is 10.2 Å². The monoisotopic (exact) mass is 273 g/mol. The largest absolute Gasteiger partial charge is 0.481 e. The number of nitrogens with zero attached hydrogens (tertiary/aromatic N) is 2. The maximum Gasteiger partial charge on any atom is 0.300 e. The molecule has 1 aromatic heterocycles. The van der Waals surface area contributed by atoms with Crippen LogP contribution in [0.15, 0.2) is 36.4 Å². The number of hydrogen-bond acceptors (Lipinski definition) is 4. The second-order valence-electron chi connectivity index (χ2n) is 4.02. The van der Waals surface area contributed by atoms with E-state index in [0.29, 0.717) is 5.56 Å². The van der Waals surface area contributed by atoms with Gasteiger partial charge in [-0.05, 0) is 31.2 Å². The van der Waals surface area contributed by atoms with Gasteiger partial charge in [0, 0.05) is 18.1 Å². The van der Waals surface area contributed by atoms with E-state index in [-0.39, 0.29) is 0 Å². The van der Waals surface area contributed by atoms with Crippen LogP contribution in [0.5, 0.6) is 0 Å². The number of aryl methyl sites for hydroxylation is 1. The Hall–Kier alpha value is -2.76. The molecule has 0 bridgehead atoms.